The van der Waals surface area contributed by atoms with E-state index >= 15 is 0 Å². The van der Waals surface area contributed by atoms with Gasteiger partial charge >= 0.3 is 0 Å². The third-order valence-electron chi connectivity index (χ3n) is 3.51. The zero-order chi connectivity index (χ0) is 16.9. The standard InChI is InChI=1S/C17H17BrN6/c1-2-11-5-3-4-6-13(11)23-16-15(19)17(22-10-21-16)24-14-8-7-12(18)9-20-14/h3-10H,2,19H2,1H3,(H2,20,21,22,23,24). The number of hydrogen-bond donors (Lipinski definition) is 3. The van der Waals surface area contributed by atoms with Crippen LogP contribution in [0.2, 0.25) is 0 Å². The molecular formula is C17H17BrN6. The normalized spacial score (nSPS) is 10.4. The fourth-order valence-corrected chi connectivity index (χ4v) is 2.48. The lowest BCUT2D eigenvalue weighted by atomic mass is 10.1. The molecule has 0 radical (unpaired) electrons. The zero-order valence-corrected chi connectivity index (χ0v) is 14.7. The first-order valence-electron chi connectivity index (χ1n) is 7.51. The van der Waals surface area contributed by atoms with Gasteiger partial charge in [0.2, 0.25) is 0 Å². The number of nitrogens with one attached hydrogen (secondary N) is 2. The molecule has 0 saturated heterocycles. The molecule has 0 aliphatic heterocycles. The number of hydrogen-bond acceptors (Lipinski definition) is 6. The van der Waals surface area contributed by atoms with Gasteiger partial charge < -0.3 is 16.4 Å². The average Bonchev–Trinajstić information content (AvgIpc) is 2.61. The predicted octanol–water partition coefficient (Wildman–Crippen LogP) is 4.27. The molecule has 7 heteroatoms. The first kappa shape index (κ1) is 16.2. The molecule has 3 aromatic rings. The predicted molar refractivity (Wildman–Crippen MR) is 101 cm³/mol. The number of halogens is 1. The minimum absolute atomic E-state index is 0.438. The van der Waals surface area contributed by atoms with E-state index in [1.54, 1.807) is 6.20 Å². The van der Waals surface area contributed by atoms with Gasteiger partial charge in [-0.25, -0.2) is 15.0 Å². The maximum Gasteiger partial charge on any atom is 0.160 e. The van der Waals surface area contributed by atoms with E-state index in [-0.39, 0.29) is 0 Å². The lowest BCUT2D eigenvalue weighted by Gasteiger charge is -2.14. The quantitative estimate of drug-likeness (QED) is 0.608. The summed E-state index contributed by atoms with van der Waals surface area (Å²) in [6, 6.07) is 11.8. The van der Waals surface area contributed by atoms with Crippen LogP contribution in [0.25, 0.3) is 0 Å². The van der Waals surface area contributed by atoms with Crippen molar-refractivity contribution in [2.75, 3.05) is 16.4 Å². The minimum Gasteiger partial charge on any atom is -0.393 e. The number of anilines is 5. The maximum absolute atomic E-state index is 6.21. The van der Waals surface area contributed by atoms with Crippen molar-refractivity contribution in [3.05, 3.63) is 59.0 Å². The summed E-state index contributed by atoms with van der Waals surface area (Å²) < 4.78 is 0.905. The molecule has 0 aliphatic carbocycles. The van der Waals surface area contributed by atoms with E-state index < -0.39 is 0 Å². The molecule has 0 saturated carbocycles. The third-order valence-corrected chi connectivity index (χ3v) is 3.98. The monoisotopic (exact) mass is 384 g/mol. The molecule has 4 N–H and O–H groups in total. The van der Waals surface area contributed by atoms with Gasteiger partial charge in [-0.2, -0.15) is 0 Å². The van der Waals surface area contributed by atoms with Gasteiger partial charge in [0.05, 0.1) is 0 Å². The van der Waals surface area contributed by atoms with E-state index in [0.29, 0.717) is 23.1 Å². The first-order chi connectivity index (χ1) is 11.7. The van der Waals surface area contributed by atoms with E-state index in [2.05, 4.69) is 54.5 Å². The summed E-state index contributed by atoms with van der Waals surface area (Å²) in [4.78, 5) is 12.7. The van der Waals surface area contributed by atoms with Crippen LogP contribution in [-0.2, 0) is 6.42 Å². The Hall–Kier alpha value is -2.67. The van der Waals surface area contributed by atoms with Gasteiger partial charge in [0.15, 0.2) is 11.6 Å². The van der Waals surface area contributed by atoms with Crippen molar-refractivity contribution in [3.8, 4) is 0 Å². The summed E-state index contributed by atoms with van der Waals surface area (Å²) in [7, 11) is 0. The second-order valence-electron chi connectivity index (χ2n) is 5.11. The average molecular weight is 385 g/mol. The second kappa shape index (κ2) is 7.27. The van der Waals surface area contributed by atoms with Crippen molar-refractivity contribution in [2.45, 2.75) is 13.3 Å². The number of pyridine rings is 1. The van der Waals surface area contributed by atoms with Crippen molar-refractivity contribution in [2.24, 2.45) is 0 Å². The highest BCUT2D eigenvalue weighted by Crippen LogP contribution is 2.29. The highest BCUT2D eigenvalue weighted by molar-refractivity contribution is 9.10. The third kappa shape index (κ3) is 3.62. The van der Waals surface area contributed by atoms with Crippen LogP contribution in [0.3, 0.4) is 0 Å². The maximum atomic E-state index is 6.21. The van der Waals surface area contributed by atoms with Crippen LogP contribution in [0.5, 0.6) is 0 Å². The van der Waals surface area contributed by atoms with Gasteiger partial charge in [-0.05, 0) is 46.1 Å². The van der Waals surface area contributed by atoms with E-state index in [1.807, 2.05) is 30.3 Å². The molecule has 0 unspecified atom stereocenters. The Morgan fingerprint density at radius 1 is 1.00 bits per heavy atom. The minimum atomic E-state index is 0.438. The largest absolute Gasteiger partial charge is 0.393 e. The van der Waals surface area contributed by atoms with E-state index in [0.717, 1.165) is 16.6 Å². The molecule has 0 fully saturated rings. The van der Waals surface area contributed by atoms with Gasteiger partial charge in [-0.1, -0.05) is 25.1 Å². The highest BCUT2D eigenvalue weighted by Gasteiger charge is 2.10. The van der Waals surface area contributed by atoms with Crippen molar-refractivity contribution >= 4 is 44.8 Å². The number of aromatic nitrogens is 3. The molecule has 3 rings (SSSR count). The molecule has 0 atom stereocenters. The molecule has 6 nitrogen and oxygen atoms in total. The van der Waals surface area contributed by atoms with Gasteiger partial charge in [0.25, 0.3) is 0 Å². The molecule has 2 aromatic heterocycles. The smallest absolute Gasteiger partial charge is 0.160 e. The Morgan fingerprint density at radius 3 is 2.46 bits per heavy atom. The van der Waals surface area contributed by atoms with Crippen molar-refractivity contribution in [3.63, 3.8) is 0 Å². The molecule has 1 aromatic carbocycles. The lowest BCUT2D eigenvalue weighted by molar-refractivity contribution is 1.13. The van der Waals surface area contributed by atoms with Crippen LogP contribution in [0.4, 0.5) is 28.8 Å². The zero-order valence-electron chi connectivity index (χ0n) is 13.1. The lowest BCUT2D eigenvalue weighted by Crippen LogP contribution is -2.06. The molecule has 0 spiro atoms. The van der Waals surface area contributed by atoms with Crippen LogP contribution in [0.15, 0.2) is 53.4 Å². The Bertz CT molecular complexity index is 835. The van der Waals surface area contributed by atoms with Gasteiger partial charge in [-0.3, -0.25) is 0 Å². The summed E-state index contributed by atoms with van der Waals surface area (Å²) in [5, 5.41) is 6.39. The molecule has 0 aliphatic rings. The van der Waals surface area contributed by atoms with Gasteiger partial charge in [0, 0.05) is 16.4 Å². The highest BCUT2D eigenvalue weighted by atomic mass is 79.9. The fourth-order valence-electron chi connectivity index (χ4n) is 2.24. The molecule has 122 valence electrons. The second-order valence-corrected chi connectivity index (χ2v) is 6.02. The van der Waals surface area contributed by atoms with Crippen LogP contribution in [0, 0.1) is 0 Å². The molecular weight excluding hydrogens is 368 g/mol. The summed E-state index contributed by atoms with van der Waals surface area (Å²) in [6.45, 7) is 2.11. The number of benzene rings is 1. The van der Waals surface area contributed by atoms with Gasteiger partial charge in [-0.15, -0.1) is 0 Å². The summed E-state index contributed by atoms with van der Waals surface area (Å²) in [5.41, 5.74) is 8.83. The molecule has 24 heavy (non-hydrogen) atoms. The van der Waals surface area contributed by atoms with Gasteiger partial charge in [0.1, 0.15) is 17.8 Å². The first-order valence-corrected chi connectivity index (χ1v) is 8.30. The van der Waals surface area contributed by atoms with E-state index in [4.69, 9.17) is 5.73 Å². The Morgan fingerprint density at radius 2 is 1.75 bits per heavy atom. The number of para-hydroxylation sites is 1. The number of nitrogens with two attached hydrogens (primary N) is 1. The Kier molecular flexibility index (Phi) is 4.90. The summed E-state index contributed by atoms with van der Waals surface area (Å²) >= 11 is 3.36. The van der Waals surface area contributed by atoms with E-state index in [9.17, 15) is 0 Å². The topological polar surface area (TPSA) is 88.8 Å². The number of rotatable bonds is 5. The van der Waals surface area contributed by atoms with Crippen molar-refractivity contribution in [1.29, 1.82) is 0 Å². The molecule has 0 amide bonds. The molecule has 0 bridgehead atoms. The molecule has 2 heterocycles. The Labute approximate surface area is 148 Å². The fraction of sp³-hybridized carbons (Fsp3) is 0.118. The summed E-state index contributed by atoms with van der Waals surface area (Å²) in [5.74, 6) is 1.73. The number of nitrogens with zero attached hydrogens (tertiary/aromatic N) is 3. The number of nitrogen functional groups attached to an aromatic ring is 1. The SMILES string of the molecule is CCc1ccccc1Nc1ncnc(Nc2ccc(Br)cn2)c1N. The van der Waals surface area contributed by atoms with Crippen molar-refractivity contribution < 1.29 is 0 Å². The summed E-state index contributed by atoms with van der Waals surface area (Å²) in [6.07, 6.45) is 4.09. The van der Waals surface area contributed by atoms with Crippen LogP contribution >= 0.6 is 15.9 Å². The van der Waals surface area contributed by atoms with Crippen LogP contribution in [-0.4, -0.2) is 15.0 Å². The number of aryl methyl sites for hydroxylation is 1. The van der Waals surface area contributed by atoms with Crippen molar-refractivity contribution in [1.82, 2.24) is 15.0 Å². The Balaban J connectivity index is 1.86. The van der Waals surface area contributed by atoms with E-state index in [1.165, 1.54) is 11.9 Å². The van der Waals surface area contributed by atoms with Crippen LogP contribution in [0.1, 0.15) is 12.5 Å². The van der Waals surface area contributed by atoms with Crippen LogP contribution < -0.4 is 16.4 Å².